The Morgan fingerprint density at radius 2 is 1.86 bits per heavy atom. The highest BCUT2D eigenvalue weighted by Crippen LogP contribution is 2.37. The van der Waals surface area contributed by atoms with Crippen LogP contribution in [0.15, 0.2) is 66.7 Å². The van der Waals surface area contributed by atoms with E-state index in [9.17, 15) is 4.79 Å². The predicted octanol–water partition coefficient (Wildman–Crippen LogP) is 6.39. The van der Waals surface area contributed by atoms with Gasteiger partial charge in [-0.05, 0) is 67.8 Å². The van der Waals surface area contributed by atoms with Gasteiger partial charge in [0.05, 0.1) is 30.4 Å². The molecule has 1 atom stereocenters. The first-order valence-electron chi connectivity index (χ1n) is 12.3. The number of para-hydroxylation sites is 4. The SMILES string of the molecule is COc1ccccc1N1CC(c2nc3ccccc3n2CCCCOc2ccc(Cl)c(C)c2)CC1=O. The second-order valence-electron chi connectivity index (χ2n) is 9.15. The monoisotopic (exact) mass is 503 g/mol. The first-order valence-corrected chi connectivity index (χ1v) is 12.7. The molecule has 0 aliphatic carbocycles. The number of fused-ring (bicyclic) bond motifs is 1. The number of carbonyl (C=O) groups is 1. The van der Waals surface area contributed by atoms with E-state index in [0.717, 1.165) is 58.3 Å². The van der Waals surface area contributed by atoms with Crippen molar-refractivity contribution in [1.82, 2.24) is 9.55 Å². The van der Waals surface area contributed by atoms with Gasteiger partial charge in [-0.25, -0.2) is 4.98 Å². The average Bonchev–Trinajstić information content (AvgIpc) is 3.46. The molecule has 186 valence electrons. The van der Waals surface area contributed by atoms with E-state index in [1.54, 1.807) is 7.11 Å². The summed E-state index contributed by atoms with van der Waals surface area (Å²) in [5.41, 5.74) is 3.88. The Labute approximate surface area is 216 Å². The molecule has 7 heteroatoms. The van der Waals surface area contributed by atoms with Crippen molar-refractivity contribution in [3.63, 3.8) is 0 Å². The average molecular weight is 504 g/mol. The number of methoxy groups -OCH3 is 1. The summed E-state index contributed by atoms with van der Waals surface area (Å²) in [5.74, 6) is 2.62. The quantitative estimate of drug-likeness (QED) is 0.248. The molecule has 1 aliphatic rings. The number of nitrogens with zero attached hydrogens (tertiary/aromatic N) is 3. The zero-order valence-corrected chi connectivity index (χ0v) is 21.4. The van der Waals surface area contributed by atoms with Crippen LogP contribution in [0.1, 0.15) is 36.6 Å². The lowest BCUT2D eigenvalue weighted by Crippen LogP contribution is -2.25. The van der Waals surface area contributed by atoms with E-state index in [-0.39, 0.29) is 11.8 Å². The van der Waals surface area contributed by atoms with Crippen LogP contribution in [0.3, 0.4) is 0 Å². The highest BCUT2D eigenvalue weighted by atomic mass is 35.5. The second kappa shape index (κ2) is 10.6. The van der Waals surface area contributed by atoms with Gasteiger partial charge in [0.15, 0.2) is 0 Å². The molecule has 0 N–H and O–H groups in total. The summed E-state index contributed by atoms with van der Waals surface area (Å²) in [7, 11) is 1.63. The fourth-order valence-electron chi connectivity index (χ4n) is 4.88. The molecule has 1 aliphatic heterocycles. The van der Waals surface area contributed by atoms with Crippen LogP contribution in [0.25, 0.3) is 11.0 Å². The van der Waals surface area contributed by atoms with Crippen molar-refractivity contribution < 1.29 is 14.3 Å². The molecule has 5 rings (SSSR count). The van der Waals surface area contributed by atoms with E-state index in [2.05, 4.69) is 10.6 Å². The van der Waals surface area contributed by atoms with Gasteiger partial charge in [0, 0.05) is 30.5 Å². The first kappa shape index (κ1) is 24.2. The van der Waals surface area contributed by atoms with E-state index in [4.69, 9.17) is 26.1 Å². The smallest absolute Gasteiger partial charge is 0.227 e. The second-order valence-corrected chi connectivity index (χ2v) is 9.56. The molecule has 4 aromatic rings. The number of benzene rings is 3. The summed E-state index contributed by atoms with van der Waals surface area (Å²) in [6.45, 7) is 4.01. The zero-order chi connectivity index (χ0) is 25.1. The van der Waals surface area contributed by atoms with Gasteiger partial charge in [-0.15, -0.1) is 0 Å². The van der Waals surface area contributed by atoms with Crippen LogP contribution in [-0.2, 0) is 11.3 Å². The first-order chi connectivity index (χ1) is 17.5. The number of ether oxygens (including phenoxy) is 2. The van der Waals surface area contributed by atoms with Crippen LogP contribution in [0.2, 0.25) is 5.02 Å². The van der Waals surface area contributed by atoms with Crippen LogP contribution >= 0.6 is 11.6 Å². The minimum Gasteiger partial charge on any atom is -0.495 e. The standard InChI is InChI=1S/C29H30ClN3O3/c1-20-17-22(13-14-23(20)30)36-16-8-7-15-32-25-10-4-3-9-24(25)31-29(32)21-18-28(34)33(19-21)26-11-5-6-12-27(26)35-2/h3-6,9-14,17,21H,7-8,15-16,18-19H2,1-2H3. The summed E-state index contributed by atoms with van der Waals surface area (Å²) < 4.78 is 13.7. The molecule has 1 saturated heterocycles. The Hall–Kier alpha value is -3.51. The molecule has 0 spiro atoms. The number of halogens is 1. The lowest BCUT2D eigenvalue weighted by atomic mass is 10.1. The molecule has 0 radical (unpaired) electrons. The highest BCUT2D eigenvalue weighted by Gasteiger charge is 2.35. The summed E-state index contributed by atoms with van der Waals surface area (Å²) in [5, 5.41) is 0.747. The molecule has 1 aromatic heterocycles. The third-order valence-corrected chi connectivity index (χ3v) is 7.15. The molecule has 1 amide bonds. The third-order valence-electron chi connectivity index (χ3n) is 6.72. The van der Waals surface area contributed by atoms with Crippen molar-refractivity contribution in [3.8, 4) is 11.5 Å². The maximum Gasteiger partial charge on any atom is 0.227 e. The summed E-state index contributed by atoms with van der Waals surface area (Å²) in [4.78, 5) is 19.8. The van der Waals surface area contributed by atoms with E-state index in [0.29, 0.717) is 25.3 Å². The van der Waals surface area contributed by atoms with Gasteiger partial charge in [0.2, 0.25) is 5.91 Å². The minimum atomic E-state index is 0.0168. The van der Waals surface area contributed by atoms with E-state index >= 15 is 0 Å². The van der Waals surface area contributed by atoms with E-state index < -0.39 is 0 Å². The fraction of sp³-hybridized carbons (Fsp3) is 0.310. The van der Waals surface area contributed by atoms with Gasteiger partial charge >= 0.3 is 0 Å². The minimum absolute atomic E-state index is 0.0168. The molecule has 1 fully saturated rings. The normalized spacial score (nSPS) is 15.6. The van der Waals surface area contributed by atoms with Crippen molar-refractivity contribution in [3.05, 3.63) is 83.1 Å². The van der Waals surface area contributed by atoms with E-state index in [1.165, 1.54) is 0 Å². The summed E-state index contributed by atoms with van der Waals surface area (Å²) in [6, 6.07) is 21.6. The van der Waals surface area contributed by atoms with Crippen molar-refractivity contribution >= 4 is 34.2 Å². The van der Waals surface area contributed by atoms with Crippen molar-refractivity contribution in [1.29, 1.82) is 0 Å². The Balaban J connectivity index is 1.30. The van der Waals surface area contributed by atoms with Crippen molar-refractivity contribution in [2.45, 2.75) is 38.6 Å². The van der Waals surface area contributed by atoms with Gasteiger partial charge in [-0.3, -0.25) is 4.79 Å². The molecule has 0 bridgehead atoms. The number of rotatable bonds is 9. The molecule has 3 aromatic carbocycles. The molecule has 36 heavy (non-hydrogen) atoms. The van der Waals surface area contributed by atoms with Crippen LogP contribution < -0.4 is 14.4 Å². The summed E-state index contributed by atoms with van der Waals surface area (Å²) in [6.07, 6.45) is 2.28. The third kappa shape index (κ3) is 4.91. The van der Waals surface area contributed by atoms with Crippen LogP contribution in [0.5, 0.6) is 11.5 Å². The number of imidazole rings is 1. The largest absolute Gasteiger partial charge is 0.495 e. The van der Waals surface area contributed by atoms with Gasteiger partial charge in [0.25, 0.3) is 0 Å². The molecular formula is C29H30ClN3O3. The molecule has 2 heterocycles. The Morgan fingerprint density at radius 3 is 2.69 bits per heavy atom. The maximum atomic E-state index is 13.0. The molecular weight excluding hydrogens is 474 g/mol. The number of aryl methyl sites for hydroxylation is 2. The van der Waals surface area contributed by atoms with Crippen molar-refractivity contribution in [2.24, 2.45) is 0 Å². The van der Waals surface area contributed by atoms with Gasteiger partial charge in [-0.2, -0.15) is 0 Å². The number of hydrogen-bond acceptors (Lipinski definition) is 4. The fourth-order valence-corrected chi connectivity index (χ4v) is 4.99. The molecule has 1 unspecified atom stereocenters. The van der Waals surface area contributed by atoms with Crippen LogP contribution in [-0.4, -0.2) is 35.7 Å². The number of carbonyl (C=O) groups excluding carboxylic acids is 1. The number of anilines is 1. The van der Waals surface area contributed by atoms with E-state index in [1.807, 2.05) is 72.5 Å². The summed E-state index contributed by atoms with van der Waals surface area (Å²) >= 11 is 6.11. The lowest BCUT2D eigenvalue weighted by Gasteiger charge is -2.19. The maximum absolute atomic E-state index is 13.0. The number of unbranched alkanes of at least 4 members (excludes halogenated alkanes) is 1. The zero-order valence-electron chi connectivity index (χ0n) is 20.6. The van der Waals surface area contributed by atoms with Gasteiger partial charge in [0.1, 0.15) is 17.3 Å². The Bertz CT molecular complexity index is 1380. The van der Waals surface area contributed by atoms with Crippen molar-refractivity contribution in [2.75, 3.05) is 25.2 Å². The number of hydrogen-bond donors (Lipinski definition) is 0. The predicted molar refractivity (Wildman–Crippen MR) is 143 cm³/mol. The number of aromatic nitrogens is 2. The van der Waals surface area contributed by atoms with Crippen LogP contribution in [0.4, 0.5) is 5.69 Å². The molecule has 0 saturated carbocycles. The highest BCUT2D eigenvalue weighted by molar-refractivity contribution is 6.31. The van der Waals surface area contributed by atoms with Crippen LogP contribution in [0, 0.1) is 6.92 Å². The Kier molecular flexibility index (Phi) is 7.14. The number of amides is 1. The van der Waals surface area contributed by atoms with Gasteiger partial charge in [-0.1, -0.05) is 35.9 Å². The topological polar surface area (TPSA) is 56.6 Å². The Morgan fingerprint density at radius 1 is 1.06 bits per heavy atom. The molecule has 6 nitrogen and oxygen atoms in total. The lowest BCUT2D eigenvalue weighted by molar-refractivity contribution is -0.117. The van der Waals surface area contributed by atoms with Gasteiger partial charge < -0.3 is 18.9 Å².